The van der Waals surface area contributed by atoms with E-state index >= 15 is 0 Å². The number of rotatable bonds is 5. The monoisotopic (exact) mass is 311 g/mol. The van der Waals surface area contributed by atoms with Crippen LogP contribution < -0.4 is 10.1 Å². The van der Waals surface area contributed by atoms with Crippen molar-refractivity contribution in [2.45, 2.75) is 46.6 Å². The molecule has 3 nitrogen and oxygen atoms in total. The zero-order valence-electron chi connectivity index (χ0n) is 14.5. The van der Waals surface area contributed by atoms with E-state index in [1.54, 1.807) is 6.92 Å². The van der Waals surface area contributed by atoms with Crippen LogP contribution in [-0.4, -0.2) is 12.0 Å². The molecule has 0 aliphatic heterocycles. The lowest BCUT2D eigenvalue weighted by atomic mass is 10.0. The first kappa shape index (κ1) is 17.1. The van der Waals surface area contributed by atoms with Gasteiger partial charge in [-0.05, 0) is 49.9 Å². The average Bonchev–Trinajstić information content (AvgIpc) is 2.50. The molecule has 0 aliphatic rings. The van der Waals surface area contributed by atoms with Crippen LogP contribution in [0.2, 0.25) is 0 Å². The highest BCUT2D eigenvalue weighted by Gasteiger charge is 2.17. The van der Waals surface area contributed by atoms with E-state index in [-0.39, 0.29) is 5.91 Å². The minimum absolute atomic E-state index is 0.141. The molecule has 23 heavy (non-hydrogen) atoms. The third kappa shape index (κ3) is 4.35. The summed E-state index contributed by atoms with van der Waals surface area (Å²) in [6.45, 7) is 10.0. The lowest BCUT2D eigenvalue weighted by Gasteiger charge is -2.18. The summed E-state index contributed by atoms with van der Waals surface area (Å²) in [5.74, 6) is 0.954. The van der Waals surface area contributed by atoms with Crippen molar-refractivity contribution in [3.63, 3.8) is 0 Å². The van der Waals surface area contributed by atoms with Crippen molar-refractivity contribution >= 4 is 11.6 Å². The molecule has 0 radical (unpaired) electrons. The Kier molecular flexibility index (Phi) is 5.43. The summed E-state index contributed by atoms with van der Waals surface area (Å²) in [7, 11) is 0. The maximum absolute atomic E-state index is 12.4. The van der Waals surface area contributed by atoms with Crippen LogP contribution in [-0.2, 0) is 4.79 Å². The molecule has 122 valence electrons. The fourth-order valence-electron chi connectivity index (χ4n) is 2.52. The van der Waals surface area contributed by atoms with Gasteiger partial charge >= 0.3 is 0 Å². The number of nitrogens with one attached hydrogen (secondary N) is 1. The number of anilines is 1. The van der Waals surface area contributed by atoms with Gasteiger partial charge in [0, 0.05) is 5.69 Å². The number of amides is 1. The van der Waals surface area contributed by atoms with Crippen LogP contribution in [0.15, 0.2) is 42.5 Å². The predicted octanol–water partition coefficient (Wildman–Crippen LogP) is 4.83. The number of carbonyl (C=O) groups is 1. The molecule has 0 saturated heterocycles. The highest BCUT2D eigenvalue weighted by molar-refractivity contribution is 5.94. The van der Waals surface area contributed by atoms with E-state index in [0.717, 1.165) is 22.6 Å². The maximum atomic E-state index is 12.4. The van der Waals surface area contributed by atoms with Crippen LogP contribution >= 0.6 is 0 Å². The SMILES string of the molecule is Cc1ccc(O[C@H](C)C(=O)Nc2ccccc2C(C)C)c(C)c1. The second-order valence-corrected chi connectivity index (χ2v) is 6.26. The van der Waals surface area contributed by atoms with Crippen LogP contribution in [0.3, 0.4) is 0 Å². The molecular formula is C20H25NO2. The van der Waals surface area contributed by atoms with Gasteiger partial charge in [-0.3, -0.25) is 4.79 Å². The zero-order chi connectivity index (χ0) is 17.0. The van der Waals surface area contributed by atoms with Crippen molar-refractivity contribution < 1.29 is 9.53 Å². The second-order valence-electron chi connectivity index (χ2n) is 6.26. The number of hydrogen-bond donors (Lipinski definition) is 1. The lowest BCUT2D eigenvalue weighted by Crippen LogP contribution is -2.30. The number of aryl methyl sites for hydroxylation is 2. The van der Waals surface area contributed by atoms with Crippen LogP contribution in [0.5, 0.6) is 5.75 Å². The fourth-order valence-corrected chi connectivity index (χ4v) is 2.52. The molecular weight excluding hydrogens is 286 g/mol. The van der Waals surface area contributed by atoms with E-state index in [1.165, 1.54) is 5.56 Å². The summed E-state index contributed by atoms with van der Waals surface area (Å²) in [4.78, 5) is 12.4. The molecule has 1 N–H and O–H groups in total. The van der Waals surface area contributed by atoms with E-state index in [4.69, 9.17) is 4.74 Å². The standard InChI is InChI=1S/C20H25NO2/c1-13(2)17-8-6-7-9-18(17)21-20(22)16(5)23-19-11-10-14(3)12-15(19)4/h6-13,16H,1-5H3,(H,21,22)/t16-/m1/s1. The Bertz CT molecular complexity index is 692. The highest BCUT2D eigenvalue weighted by atomic mass is 16.5. The molecule has 1 amide bonds. The third-order valence-electron chi connectivity index (χ3n) is 3.84. The van der Waals surface area contributed by atoms with E-state index in [2.05, 4.69) is 19.2 Å². The smallest absolute Gasteiger partial charge is 0.265 e. The van der Waals surface area contributed by atoms with Gasteiger partial charge in [0.05, 0.1) is 0 Å². The van der Waals surface area contributed by atoms with Crippen molar-refractivity contribution in [1.82, 2.24) is 0 Å². The van der Waals surface area contributed by atoms with Gasteiger partial charge in [-0.2, -0.15) is 0 Å². The van der Waals surface area contributed by atoms with Crippen LogP contribution in [0, 0.1) is 13.8 Å². The summed E-state index contributed by atoms with van der Waals surface area (Å²) in [5, 5.41) is 2.98. The Hall–Kier alpha value is -2.29. The molecule has 2 aromatic rings. The largest absolute Gasteiger partial charge is 0.481 e. The van der Waals surface area contributed by atoms with Gasteiger partial charge in [0.25, 0.3) is 5.91 Å². The molecule has 2 aromatic carbocycles. The summed E-state index contributed by atoms with van der Waals surface area (Å²) >= 11 is 0. The number of benzene rings is 2. The molecule has 0 bridgehead atoms. The van der Waals surface area contributed by atoms with Crippen LogP contribution in [0.4, 0.5) is 5.69 Å². The van der Waals surface area contributed by atoms with E-state index in [9.17, 15) is 4.79 Å². The summed E-state index contributed by atoms with van der Waals surface area (Å²) in [6.07, 6.45) is -0.559. The molecule has 0 aliphatic carbocycles. The molecule has 0 spiro atoms. The van der Waals surface area contributed by atoms with Crippen LogP contribution in [0.1, 0.15) is 43.4 Å². The van der Waals surface area contributed by atoms with Crippen LogP contribution in [0.25, 0.3) is 0 Å². The predicted molar refractivity (Wildman–Crippen MR) is 95.2 cm³/mol. The van der Waals surface area contributed by atoms with Crippen molar-refractivity contribution in [3.05, 3.63) is 59.2 Å². The highest BCUT2D eigenvalue weighted by Crippen LogP contribution is 2.24. The van der Waals surface area contributed by atoms with Gasteiger partial charge in [0.2, 0.25) is 0 Å². The fraction of sp³-hybridized carbons (Fsp3) is 0.350. The van der Waals surface area contributed by atoms with Crippen molar-refractivity contribution in [2.75, 3.05) is 5.32 Å². The minimum atomic E-state index is -0.559. The Morgan fingerprint density at radius 1 is 1.04 bits per heavy atom. The number of para-hydroxylation sites is 1. The Morgan fingerprint density at radius 2 is 1.74 bits per heavy atom. The number of ether oxygens (including phenoxy) is 1. The average molecular weight is 311 g/mol. The van der Waals surface area contributed by atoms with Gasteiger partial charge in [0.15, 0.2) is 6.10 Å². The first-order valence-electron chi connectivity index (χ1n) is 8.02. The van der Waals surface area contributed by atoms with Gasteiger partial charge in [-0.25, -0.2) is 0 Å². The Labute approximate surface area is 138 Å². The molecule has 0 aromatic heterocycles. The summed E-state index contributed by atoms with van der Waals surface area (Å²) in [5.41, 5.74) is 4.19. The van der Waals surface area contributed by atoms with Gasteiger partial charge in [0.1, 0.15) is 5.75 Å². The first-order valence-corrected chi connectivity index (χ1v) is 8.02. The lowest BCUT2D eigenvalue weighted by molar-refractivity contribution is -0.122. The first-order chi connectivity index (χ1) is 10.9. The van der Waals surface area contributed by atoms with Gasteiger partial charge in [-0.15, -0.1) is 0 Å². The summed E-state index contributed by atoms with van der Waals surface area (Å²) < 4.78 is 5.82. The number of hydrogen-bond acceptors (Lipinski definition) is 2. The van der Waals surface area contributed by atoms with Crippen molar-refractivity contribution in [1.29, 1.82) is 0 Å². The van der Waals surface area contributed by atoms with E-state index in [1.807, 2.05) is 56.3 Å². The zero-order valence-corrected chi connectivity index (χ0v) is 14.5. The summed E-state index contributed by atoms with van der Waals surface area (Å²) in [6, 6.07) is 13.8. The molecule has 2 rings (SSSR count). The maximum Gasteiger partial charge on any atom is 0.265 e. The number of carbonyl (C=O) groups excluding carboxylic acids is 1. The van der Waals surface area contributed by atoms with Gasteiger partial charge in [-0.1, -0.05) is 49.7 Å². The quantitative estimate of drug-likeness (QED) is 0.858. The Balaban J connectivity index is 2.09. The Morgan fingerprint density at radius 3 is 2.39 bits per heavy atom. The molecule has 1 atom stereocenters. The molecule has 0 fully saturated rings. The second kappa shape index (κ2) is 7.32. The van der Waals surface area contributed by atoms with E-state index in [0.29, 0.717) is 5.92 Å². The third-order valence-corrected chi connectivity index (χ3v) is 3.84. The van der Waals surface area contributed by atoms with E-state index < -0.39 is 6.10 Å². The topological polar surface area (TPSA) is 38.3 Å². The molecule has 0 heterocycles. The van der Waals surface area contributed by atoms with Crippen molar-refractivity contribution in [2.24, 2.45) is 0 Å². The normalized spacial score (nSPS) is 12.1. The molecule has 0 saturated carbocycles. The van der Waals surface area contributed by atoms with Gasteiger partial charge < -0.3 is 10.1 Å². The minimum Gasteiger partial charge on any atom is -0.481 e. The van der Waals surface area contributed by atoms with Crippen molar-refractivity contribution in [3.8, 4) is 5.75 Å². The molecule has 0 unspecified atom stereocenters. The molecule has 3 heteroatoms.